The van der Waals surface area contributed by atoms with Crippen molar-refractivity contribution in [2.75, 3.05) is 0 Å². The van der Waals surface area contributed by atoms with Crippen LogP contribution in [0.1, 0.15) is 67.2 Å². The van der Waals surface area contributed by atoms with Crippen LogP contribution in [0.4, 0.5) is 0 Å². The fraction of sp³-hybridized carbons (Fsp3) is 0.929. The summed E-state index contributed by atoms with van der Waals surface area (Å²) in [5, 5.41) is 8.72. The van der Waals surface area contributed by atoms with Gasteiger partial charge in [0.2, 0.25) is 6.29 Å². The van der Waals surface area contributed by atoms with Crippen LogP contribution < -0.4 is 0 Å². The summed E-state index contributed by atoms with van der Waals surface area (Å²) in [6.07, 6.45) is 0.688. The van der Waals surface area contributed by atoms with Crippen LogP contribution in [-0.2, 0) is 24.3 Å². The molecule has 0 rings (SSSR count). The summed E-state index contributed by atoms with van der Waals surface area (Å²) in [5.74, 6) is -0.924. The van der Waals surface area contributed by atoms with E-state index in [0.717, 1.165) is 12.8 Å². The van der Waals surface area contributed by atoms with Crippen LogP contribution in [0.15, 0.2) is 0 Å². The number of rotatable bonds is 11. The quantitative estimate of drug-likeness (QED) is 0.357. The smallest absolute Gasteiger partial charge is 0.303 e. The van der Waals surface area contributed by atoms with Crippen LogP contribution in [0.3, 0.4) is 0 Å². The molecule has 0 aromatic carbocycles. The first-order valence-corrected chi connectivity index (χ1v) is 7.02. The molecule has 120 valence electrons. The molecule has 0 aliphatic rings. The lowest BCUT2D eigenvalue weighted by molar-refractivity contribution is -0.500. The molecule has 0 unspecified atom stereocenters. The van der Waals surface area contributed by atoms with Crippen molar-refractivity contribution >= 4 is 5.97 Å². The van der Waals surface area contributed by atoms with Gasteiger partial charge in [-0.15, -0.1) is 0 Å². The SMILES string of the molecule is CCC(C)(C)OOC(CCC(=O)O)OOC(C)(C)CC. The minimum atomic E-state index is -0.924. The van der Waals surface area contributed by atoms with Gasteiger partial charge >= 0.3 is 5.97 Å². The van der Waals surface area contributed by atoms with E-state index in [0.29, 0.717) is 0 Å². The lowest BCUT2D eigenvalue weighted by Crippen LogP contribution is -2.32. The Hall–Kier alpha value is -0.690. The van der Waals surface area contributed by atoms with E-state index < -0.39 is 23.5 Å². The van der Waals surface area contributed by atoms with Gasteiger partial charge in [0.25, 0.3) is 0 Å². The van der Waals surface area contributed by atoms with Crippen molar-refractivity contribution in [3.8, 4) is 0 Å². The highest BCUT2D eigenvalue weighted by Crippen LogP contribution is 2.20. The standard InChI is InChI=1S/C14H28O6/c1-7-13(3,4)19-17-12(10-9-11(15)16)18-20-14(5,6)8-2/h12H,7-10H2,1-6H3,(H,15,16). The van der Waals surface area contributed by atoms with E-state index in [1.807, 2.05) is 41.5 Å². The highest BCUT2D eigenvalue weighted by molar-refractivity contribution is 5.66. The van der Waals surface area contributed by atoms with E-state index in [2.05, 4.69) is 0 Å². The minimum Gasteiger partial charge on any atom is -0.481 e. The van der Waals surface area contributed by atoms with Gasteiger partial charge in [-0.25, -0.2) is 19.6 Å². The van der Waals surface area contributed by atoms with Crippen LogP contribution in [-0.4, -0.2) is 28.6 Å². The topological polar surface area (TPSA) is 74.2 Å². The molecule has 20 heavy (non-hydrogen) atoms. The Kier molecular flexibility index (Phi) is 8.27. The van der Waals surface area contributed by atoms with Crippen molar-refractivity contribution in [1.29, 1.82) is 0 Å². The molecule has 0 fully saturated rings. The molecular formula is C14H28O6. The molecule has 6 heteroatoms. The molecule has 0 saturated heterocycles. The Morgan fingerprint density at radius 3 is 1.70 bits per heavy atom. The number of carboxylic acid groups (broad SMARTS) is 1. The number of aliphatic carboxylic acids is 1. The predicted molar refractivity (Wildman–Crippen MR) is 73.7 cm³/mol. The Balaban J connectivity index is 4.37. The van der Waals surface area contributed by atoms with Crippen LogP contribution >= 0.6 is 0 Å². The number of carboxylic acids is 1. The first-order chi connectivity index (χ1) is 9.12. The highest BCUT2D eigenvalue weighted by Gasteiger charge is 2.25. The molecular weight excluding hydrogens is 264 g/mol. The maximum absolute atomic E-state index is 10.6. The van der Waals surface area contributed by atoms with E-state index in [4.69, 9.17) is 24.7 Å². The lowest BCUT2D eigenvalue weighted by atomic mass is 10.1. The Bertz CT molecular complexity index is 267. The van der Waals surface area contributed by atoms with Crippen molar-refractivity contribution in [3.63, 3.8) is 0 Å². The first-order valence-electron chi connectivity index (χ1n) is 7.02. The second-order valence-electron chi connectivity index (χ2n) is 5.95. The van der Waals surface area contributed by atoms with E-state index in [9.17, 15) is 4.79 Å². The fourth-order valence-corrected chi connectivity index (χ4v) is 0.839. The third-order valence-electron chi connectivity index (χ3n) is 3.06. The molecule has 0 amide bonds. The van der Waals surface area contributed by atoms with E-state index in [-0.39, 0.29) is 12.8 Å². The molecule has 0 spiro atoms. The van der Waals surface area contributed by atoms with Gasteiger partial charge in [0.05, 0.1) is 17.6 Å². The summed E-state index contributed by atoms with van der Waals surface area (Å²) in [5.41, 5.74) is -0.934. The van der Waals surface area contributed by atoms with Crippen LogP contribution in [0.25, 0.3) is 0 Å². The van der Waals surface area contributed by atoms with Crippen LogP contribution in [0.2, 0.25) is 0 Å². The van der Waals surface area contributed by atoms with Gasteiger partial charge in [0, 0.05) is 6.42 Å². The summed E-state index contributed by atoms with van der Waals surface area (Å²) < 4.78 is 0. The molecule has 0 aliphatic carbocycles. The van der Waals surface area contributed by atoms with Gasteiger partial charge in [-0.05, 0) is 40.5 Å². The largest absolute Gasteiger partial charge is 0.481 e. The Morgan fingerprint density at radius 1 is 1.00 bits per heavy atom. The molecule has 0 saturated carbocycles. The zero-order valence-corrected chi connectivity index (χ0v) is 13.4. The number of carbonyl (C=O) groups is 1. The molecule has 0 bridgehead atoms. The summed E-state index contributed by atoms with van der Waals surface area (Å²) in [7, 11) is 0. The maximum atomic E-state index is 10.6. The summed E-state index contributed by atoms with van der Waals surface area (Å²) in [4.78, 5) is 31.5. The third-order valence-corrected chi connectivity index (χ3v) is 3.06. The van der Waals surface area contributed by atoms with Crippen molar-refractivity contribution in [2.24, 2.45) is 0 Å². The van der Waals surface area contributed by atoms with Gasteiger partial charge < -0.3 is 5.11 Å². The number of hydrogen-bond donors (Lipinski definition) is 1. The average Bonchev–Trinajstić information content (AvgIpc) is 2.37. The van der Waals surface area contributed by atoms with Crippen molar-refractivity contribution in [1.82, 2.24) is 0 Å². The molecule has 0 aromatic rings. The molecule has 0 atom stereocenters. The molecule has 6 nitrogen and oxygen atoms in total. The third kappa shape index (κ3) is 9.25. The number of hydrogen-bond acceptors (Lipinski definition) is 5. The first kappa shape index (κ1) is 19.3. The van der Waals surface area contributed by atoms with E-state index in [1.54, 1.807) is 0 Å². The van der Waals surface area contributed by atoms with Crippen LogP contribution in [0, 0.1) is 0 Å². The van der Waals surface area contributed by atoms with Gasteiger partial charge in [-0.3, -0.25) is 4.79 Å². The van der Waals surface area contributed by atoms with Crippen molar-refractivity contribution in [3.05, 3.63) is 0 Å². The molecule has 0 heterocycles. The zero-order valence-electron chi connectivity index (χ0n) is 13.4. The van der Waals surface area contributed by atoms with Gasteiger partial charge in [-0.2, -0.15) is 0 Å². The summed E-state index contributed by atoms with van der Waals surface area (Å²) >= 11 is 0. The second kappa shape index (κ2) is 8.56. The van der Waals surface area contributed by atoms with Crippen molar-refractivity contribution in [2.45, 2.75) is 84.7 Å². The minimum absolute atomic E-state index is 0.0868. The molecule has 0 aliphatic heterocycles. The lowest BCUT2D eigenvalue weighted by Gasteiger charge is -2.27. The normalized spacial score (nSPS) is 12.9. The Labute approximate surface area is 121 Å². The maximum Gasteiger partial charge on any atom is 0.303 e. The Morgan fingerprint density at radius 2 is 1.40 bits per heavy atom. The van der Waals surface area contributed by atoms with E-state index in [1.165, 1.54) is 0 Å². The monoisotopic (exact) mass is 292 g/mol. The summed E-state index contributed by atoms with van der Waals surface area (Å²) in [6.45, 7) is 11.4. The van der Waals surface area contributed by atoms with Gasteiger partial charge in [-0.1, -0.05) is 13.8 Å². The molecule has 1 N–H and O–H groups in total. The van der Waals surface area contributed by atoms with E-state index >= 15 is 0 Å². The van der Waals surface area contributed by atoms with Gasteiger partial charge in [0.1, 0.15) is 0 Å². The highest BCUT2D eigenvalue weighted by atomic mass is 17.3. The fourth-order valence-electron chi connectivity index (χ4n) is 0.839. The molecule has 0 aromatic heterocycles. The van der Waals surface area contributed by atoms with Crippen molar-refractivity contribution < 1.29 is 29.5 Å². The van der Waals surface area contributed by atoms with Crippen LogP contribution in [0.5, 0.6) is 0 Å². The van der Waals surface area contributed by atoms with Gasteiger partial charge in [0.15, 0.2) is 0 Å². The zero-order chi connectivity index (χ0) is 15.8. The molecule has 0 radical (unpaired) electrons. The average molecular weight is 292 g/mol. The summed E-state index contributed by atoms with van der Waals surface area (Å²) in [6, 6.07) is 0. The second-order valence-corrected chi connectivity index (χ2v) is 5.95. The predicted octanol–water partition coefficient (Wildman–Crippen LogP) is 3.45.